The molecule has 1 aliphatic rings. The van der Waals surface area contributed by atoms with Gasteiger partial charge in [-0.15, -0.1) is 11.5 Å². The minimum absolute atomic E-state index is 0.125. The molecule has 1 unspecified atom stereocenters. The maximum atomic E-state index is 8.93. The third kappa shape index (κ3) is 1.86. The van der Waals surface area contributed by atoms with E-state index in [1.165, 1.54) is 6.20 Å². The van der Waals surface area contributed by atoms with Crippen LogP contribution >= 0.6 is 0 Å². The molecule has 1 aliphatic heterocycles. The maximum absolute atomic E-state index is 8.93. The first-order valence-electron chi connectivity index (χ1n) is 5.82. The number of terminal acetylenes is 1. The summed E-state index contributed by atoms with van der Waals surface area (Å²) in [6, 6.07) is 5.57. The molecule has 0 radical (unpaired) electrons. The average Bonchev–Trinajstić information content (AvgIpc) is 3.15. The summed E-state index contributed by atoms with van der Waals surface area (Å²) in [7, 11) is 0. The Morgan fingerprint density at radius 1 is 1.30 bits per heavy atom. The standard InChI is InChI=1S/C14H8N6/c1-2-11-10(5-6-16-11)12-3-4-13(19-18-12)20-8-7-17-14(20)9-15/h1,3-8,10H. The van der Waals surface area contributed by atoms with Crippen molar-refractivity contribution in [3.8, 4) is 24.2 Å². The van der Waals surface area contributed by atoms with Crippen LogP contribution in [0.15, 0.2) is 41.8 Å². The molecule has 0 bridgehead atoms. The van der Waals surface area contributed by atoms with Crippen LogP contribution in [0.1, 0.15) is 17.4 Å². The van der Waals surface area contributed by atoms with Crippen molar-refractivity contribution in [2.24, 2.45) is 4.99 Å². The minimum atomic E-state index is -0.125. The second-order valence-corrected chi connectivity index (χ2v) is 4.03. The van der Waals surface area contributed by atoms with E-state index < -0.39 is 0 Å². The lowest BCUT2D eigenvalue weighted by molar-refractivity contribution is 0.858. The van der Waals surface area contributed by atoms with E-state index in [9.17, 15) is 0 Å². The van der Waals surface area contributed by atoms with Crippen molar-refractivity contribution < 1.29 is 0 Å². The summed E-state index contributed by atoms with van der Waals surface area (Å²) in [6.07, 6.45) is 12.1. The molecule has 2 aromatic rings. The molecule has 0 fully saturated rings. The Kier molecular flexibility index (Phi) is 2.83. The van der Waals surface area contributed by atoms with Crippen LogP contribution in [0.25, 0.3) is 5.82 Å². The molecule has 3 rings (SSSR count). The van der Waals surface area contributed by atoms with Crippen molar-refractivity contribution in [2.75, 3.05) is 0 Å². The number of aliphatic imine (C=N–C) groups is 1. The third-order valence-electron chi connectivity index (χ3n) is 2.91. The third-order valence-corrected chi connectivity index (χ3v) is 2.91. The van der Waals surface area contributed by atoms with Gasteiger partial charge in [0.15, 0.2) is 5.82 Å². The van der Waals surface area contributed by atoms with Crippen molar-refractivity contribution >= 4 is 5.71 Å². The Balaban J connectivity index is 1.94. The van der Waals surface area contributed by atoms with Gasteiger partial charge in [-0.05, 0) is 12.1 Å². The lowest BCUT2D eigenvalue weighted by Gasteiger charge is -2.07. The fourth-order valence-electron chi connectivity index (χ4n) is 1.95. The van der Waals surface area contributed by atoms with Crippen molar-refractivity contribution in [1.29, 1.82) is 5.26 Å². The zero-order valence-corrected chi connectivity index (χ0v) is 10.3. The molecule has 0 saturated carbocycles. The summed E-state index contributed by atoms with van der Waals surface area (Å²) >= 11 is 0. The molecule has 2 aromatic heterocycles. The van der Waals surface area contributed by atoms with Crippen LogP contribution in [-0.4, -0.2) is 25.5 Å². The SMILES string of the molecule is C#CC1=NC=CC1c1ccc(-n2ccnc2C#N)nn1. The highest BCUT2D eigenvalue weighted by Crippen LogP contribution is 2.21. The predicted molar refractivity (Wildman–Crippen MR) is 72.0 cm³/mol. The molecular formula is C14H8N6. The summed E-state index contributed by atoms with van der Waals surface area (Å²) < 4.78 is 1.57. The fourth-order valence-corrected chi connectivity index (χ4v) is 1.95. The van der Waals surface area contributed by atoms with Gasteiger partial charge in [0.2, 0.25) is 5.82 Å². The molecule has 0 amide bonds. The fraction of sp³-hybridized carbons (Fsp3) is 0.0714. The number of allylic oxidation sites excluding steroid dienone is 1. The molecule has 94 valence electrons. The topological polar surface area (TPSA) is 79.8 Å². The second-order valence-electron chi connectivity index (χ2n) is 4.03. The van der Waals surface area contributed by atoms with E-state index in [4.69, 9.17) is 11.7 Å². The van der Waals surface area contributed by atoms with E-state index in [1.54, 1.807) is 23.0 Å². The first-order valence-corrected chi connectivity index (χ1v) is 5.82. The molecule has 6 heteroatoms. The van der Waals surface area contributed by atoms with E-state index in [-0.39, 0.29) is 11.7 Å². The van der Waals surface area contributed by atoms with Crippen molar-refractivity contribution in [1.82, 2.24) is 19.7 Å². The average molecular weight is 260 g/mol. The van der Waals surface area contributed by atoms with Gasteiger partial charge in [0.1, 0.15) is 11.8 Å². The molecular weight excluding hydrogens is 252 g/mol. The number of rotatable bonds is 2. The monoisotopic (exact) mass is 260 g/mol. The summed E-state index contributed by atoms with van der Waals surface area (Å²) in [5.74, 6) is 3.20. The smallest absolute Gasteiger partial charge is 0.218 e. The van der Waals surface area contributed by atoms with Gasteiger partial charge in [-0.3, -0.25) is 9.56 Å². The van der Waals surface area contributed by atoms with Crippen LogP contribution < -0.4 is 0 Å². The molecule has 3 heterocycles. The highest BCUT2D eigenvalue weighted by molar-refractivity contribution is 6.07. The zero-order valence-electron chi connectivity index (χ0n) is 10.3. The van der Waals surface area contributed by atoms with E-state index in [0.717, 1.165) is 5.69 Å². The Morgan fingerprint density at radius 3 is 2.90 bits per heavy atom. The Bertz CT molecular complexity index is 782. The van der Waals surface area contributed by atoms with Crippen molar-refractivity contribution in [2.45, 2.75) is 5.92 Å². The number of nitriles is 1. The summed E-state index contributed by atoms with van der Waals surface area (Å²) in [5, 5.41) is 17.2. The van der Waals surface area contributed by atoms with Crippen LogP contribution in [0.2, 0.25) is 0 Å². The second kappa shape index (κ2) is 4.79. The molecule has 0 spiro atoms. The molecule has 20 heavy (non-hydrogen) atoms. The summed E-state index contributed by atoms with van der Waals surface area (Å²) in [4.78, 5) is 8.00. The van der Waals surface area contributed by atoms with Gasteiger partial charge in [0.25, 0.3) is 0 Å². The van der Waals surface area contributed by atoms with Gasteiger partial charge in [0, 0.05) is 18.6 Å². The number of hydrogen-bond donors (Lipinski definition) is 0. The van der Waals surface area contributed by atoms with Crippen LogP contribution in [0.3, 0.4) is 0 Å². The van der Waals surface area contributed by atoms with E-state index in [2.05, 4.69) is 26.1 Å². The lowest BCUT2D eigenvalue weighted by Crippen LogP contribution is -2.09. The molecule has 0 N–H and O–H groups in total. The molecule has 0 saturated heterocycles. The van der Waals surface area contributed by atoms with E-state index >= 15 is 0 Å². The highest BCUT2D eigenvalue weighted by Gasteiger charge is 2.19. The maximum Gasteiger partial charge on any atom is 0.218 e. The Hall–Kier alpha value is -3.25. The van der Waals surface area contributed by atoms with Crippen LogP contribution in [0.5, 0.6) is 0 Å². The first kappa shape index (κ1) is 11.8. The van der Waals surface area contributed by atoms with Gasteiger partial charge in [0.05, 0.1) is 11.6 Å². The van der Waals surface area contributed by atoms with Crippen LogP contribution in [0, 0.1) is 23.7 Å². The number of aromatic nitrogens is 4. The zero-order chi connectivity index (χ0) is 13.9. The van der Waals surface area contributed by atoms with Crippen molar-refractivity contribution in [3.05, 3.63) is 48.3 Å². The molecule has 1 atom stereocenters. The highest BCUT2D eigenvalue weighted by atomic mass is 15.2. The molecule has 0 aromatic carbocycles. The number of imidazole rings is 1. The van der Waals surface area contributed by atoms with Crippen molar-refractivity contribution in [3.63, 3.8) is 0 Å². The summed E-state index contributed by atoms with van der Waals surface area (Å²) in [5.41, 5.74) is 1.34. The molecule has 6 nitrogen and oxygen atoms in total. The Labute approximate surface area is 115 Å². The van der Waals surface area contributed by atoms with Crippen LogP contribution in [0.4, 0.5) is 0 Å². The summed E-state index contributed by atoms with van der Waals surface area (Å²) in [6.45, 7) is 0. The van der Waals surface area contributed by atoms with Gasteiger partial charge in [-0.1, -0.05) is 12.0 Å². The Morgan fingerprint density at radius 2 is 2.20 bits per heavy atom. The lowest BCUT2D eigenvalue weighted by atomic mass is 10.0. The quantitative estimate of drug-likeness (QED) is 0.760. The van der Waals surface area contributed by atoms with E-state index in [0.29, 0.717) is 11.5 Å². The van der Waals surface area contributed by atoms with Gasteiger partial charge < -0.3 is 0 Å². The molecule has 0 aliphatic carbocycles. The van der Waals surface area contributed by atoms with Gasteiger partial charge >= 0.3 is 0 Å². The van der Waals surface area contributed by atoms with Gasteiger partial charge in [-0.2, -0.15) is 10.4 Å². The first-order chi connectivity index (χ1) is 9.83. The number of nitrogens with zero attached hydrogens (tertiary/aromatic N) is 6. The van der Waals surface area contributed by atoms with E-state index in [1.807, 2.05) is 18.2 Å². The van der Waals surface area contributed by atoms with Crippen LogP contribution in [-0.2, 0) is 0 Å². The minimum Gasteiger partial charge on any atom is -0.274 e. The van der Waals surface area contributed by atoms with Gasteiger partial charge in [-0.25, -0.2) is 4.98 Å². The largest absolute Gasteiger partial charge is 0.274 e. The normalized spacial score (nSPS) is 16.5. The number of hydrogen-bond acceptors (Lipinski definition) is 5. The predicted octanol–water partition coefficient (Wildman–Crippen LogP) is 1.22.